The highest BCUT2D eigenvalue weighted by Gasteiger charge is 2.37. The smallest absolute Gasteiger partial charge is 0.389 e. The fraction of sp³-hybridized carbons (Fsp3) is 0.571. The van der Waals surface area contributed by atoms with Crippen molar-refractivity contribution in [3.8, 4) is 5.75 Å². The summed E-state index contributed by atoms with van der Waals surface area (Å²) in [5, 5.41) is 10.5. The second kappa shape index (κ2) is 5.04. The van der Waals surface area contributed by atoms with Crippen LogP contribution in [0.1, 0.15) is 36.8 Å². The minimum Gasteiger partial charge on any atom is -0.497 e. The van der Waals surface area contributed by atoms with Gasteiger partial charge < -0.3 is 9.84 Å². The van der Waals surface area contributed by atoms with E-state index in [1.54, 1.807) is 12.1 Å². The minimum atomic E-state index is -4.16. The zero-order valence-electron chi connectivity index (χ0n) is 10.8. The summed E-state index contributed by atoms with van der Waals surface area (Å²) in [5.74, 6) is 0.620. The van der Waals surface area contributed by atoms with E-state index >= 15 is 0 Å². The Morgan fingerprint density at radius 3 is 2.74 bits per heavy atom. The van der Waals surface area contributed by atoms with Crippen LogP contribution in [-0.2, 0) is 12.0 Å². The third kappa shape index (κ3) is 3.21. The van der Waals surface area contributed by atoms with Crippen LogP contribution in [-0.4, -0.2) is 18.4 Å². The number of benzene rings is 1. The van der Waals surface area contributed by atoms with Gasteiger partial charge in [0.2, 0.25) is 0 Å². The number of methoxy groups -OCH3 is 1. The van der Waals surface area contributed by atoms with E-state index in [2.05, 4.69) is 0 Å². The number of hydrogen-bond acceptors (Lipinski definition) is 2. The molecule has 0 spiro atoms. The highest BCUT2D eigenvalue weighted by atomic mass is 19.4. The van der Waals surface area contributed by atoms with Gasteiger partial charge in [0.15, 0.2) is 0 Å². The zero-order chi connectivity index (χ0) is 14.1. The molecule has 1 aromatic rings. The van der Waals surface area contributed by atoms with Gasteiger partial charge >= 0.3 is 6.18 Å². The van der Waals surface area contributed by atoms with Crippen LogP contribution in [0.4, 0.5) is 13.2 Å². The largest absolute Gasteiger partial charge is 0.497 e. The van der Waals surface area contributed by atoms with Crippen molar-refractivity contribution in [1.29, 1.82) is 0 Å². The molecule has 1 unspecified atom stereocenters. The number of ether oxygens (including phenoxy) is 1. The van der Waals surface area contributed by atoms with Crippen LogP contribution in [0.2, 0.25) is 0 Å². The molecule has 2 nitrogen and oxygen atoms in total. The van der Waals surface area contributed by atoms with Gasteiger partial charge in [0.1, 0.15) is 5.75 Å². The molecule has 1 aromatic carbocycles. The average molecular weight is 274 g/mol. The molecule has 0 saturated heterocycles. The molecular formula is C14H17F3O2. The van der Waals surface area contributed by atoms with Crippen LogP contribution in [0.25, 0.3) is 0 Å². The Kier molecular flexibility index (Phi) is 3.76. The lowest BCUT2D eigenvalue weighted by atomic mass is 9.90. The van der Waals surface area contributed by atoms with Crippen molar-refractivity contribution in [2.24, 2.45) is 0 Å². The van der Waals surface area contributed by atoms with Crippen molar-refractivity contribution in [2.45, 2.75) is 43.9 Å². The first-order chi connectivity index (χ1) is 8.84. The summed E-state index contributed by atoms with van der Waals surface area (Å²) in [6.07, 6.45) is -3.76. The van der Waals surface area contributed by atoms with E-state index < -0.39 is 18.2 Å². The molecule has 2 rings (SSSR count). The molecule has 0 radical (unpaired) electrons. The molecular weight excluding hydrogens is 257 g/mol. The normalized spacial score (nSPS) is 22.4. The standard InChI is InChI=1S/C14H17F3O2/c1-19-11-4-3-10-5-8-13(18,12(10)9-11)6-2-7-14(15,16)17/h3-4,9,18H,2,5-8H2,1H3. The number of halogens is 3. The van der Waals surface area contributed by atoms with E-state index in [4.69, 9.17) is 4.74 Å². The molecule has 1 aliphatic rings. The Bertz CT molecular complexity index is 456. The maximum atomic E-state index is 12.2. The van der Waals surface area contributed by atoms with E-state index in [1.807, 2.05) is 6.07 Å². The van der Waals surface area contributed by atoms with Crippen molar-refractivity contribution in [1.82, 2.24) is 0 Å². The third-order valence-corrected chi connectivity index (χ3v) is 3.68. The minimum absolute atomic E-state index is 0.0589. The lowest BCUT2D eigenvalue weighted by molar-refractivity contribution is -0.138. The van der Waals surface area contributed by atoms with E-state index in [1.165, 1.54) is 7.11 Å². The van der Waals surface area contributed by atoms with Crippen LogP contribution in [0.3, 0.4) is 0 Å². The number of aliphatic hydroxyl groups is 1. The Hall–Kier alpha value is -1.23. The Balaban J connectivity index is 2.10. The second-order valence-electron chi connectivity index (χ2n) is 5.02. The monoisotopic (exact) mass is 274 g/mol. The van der Waals surface area contributed by atoms with Gasteiger partial charge in [0.05, 0.1) is 12.7 Å². The summed E-state index contributed by atoms with van der Waals surface area (Å²) in [7, 11) is 1.53. The van der Waals surface area contributed by atoms with Crippen LogP contribution in [0.5, 0.6) is 5.75 Å². The first-order valence-corrected chi connectivity index (χ1v) is 6.31. The van der Waals surface area contributed by atoms with Gasteiger partial charge in [-0.2, -0.15) is 13.2 Å². The van der Waals surface area contributed by atoms with Gasteiger partial charge in [-0.1, -0.05) is 6.07 Å². The lowest BCUT2D eigenvalue weighted by Crippen LogP contribution is -2.23. The number of fused-ring (bicyclic) bond motifs is 1. The molecule has 0 fully saturated rings. The van der Waals surface area contributed by atoms with Gasteiger partial charge in [-0.15, -0.1) is 0 Å². The molecule has 1 N–H and O–H groups in total. The van der Waals surface area contributed by atoms with Gasteiger partial charge in [0.25, 0.3) is 0 Å². The highest BCUT2D eigenvalue weighted by molar-refractivity contribution is 5.42. The number of aryl methyl sites for hydroxylation is 1. The molecule has 5 heteroatoms. The number of hydrogen-bond donors (Lipinski definition) is 1. The van der Waals surface area contributed by atoms with Gasteiger partial charge in [-0.05, 0) is 48.9 Å². The summed E-state index contributed by atoms with van der Waals surface area (Å²) in [6, 6.07) is 5.41. The first kappa shape index (κ1) is 14.2. The Morgan fingerprint density at radius 2 is 2.11 bits per heavy atom. The second-order valence-corrected chi connectivity index (χ2v) is 5.02. The maximum Gasteiger partial charge on any atom is 0.389 e. The molecule has 0 amide bonds. The highest BCUT2D eigenvalue weighted by Crippen LogP contribution is 2.42. The number of alkyl halides is 3. The molecule has 1 atom stereocenters. The van der Waals surface area contributed by atoms with Crippen LogP contribution >= 0.6 is 0 Å². The molecule has 0 saturated carbocycles. The summed E-state index contributed by atoms with van der Waals surface area (Å²) in [6.45, 7) is 0. The van der Waals surface area contributed by atoms with Gasteiger partial charge in [-0.3, -0.25) is 0 Å². The summed E-state index contributed by atoms with van der Waals surface area (Å²) >= 11 is 0. The van der Waals surface area contributed by atoms with E-state index in [9.17, 15) is 18.3 Å². The fourth-order valence-electron chi connectivity index (χ4n) is 2.65. The molecule has 1 aliphatic carbocycles. The Labute approximate surface area is 110 Å². The third-order valence-electron chi connectivity index (χ3n) is 3.68. The molecule has 0 aliphatic heterocycles. The zero-order valence-corrected chi connectivity index (χ0v) is 10.8. The van der Waals surface area contributed by atoms with Crippen LogP contribution < -0.4 is 4.74 Å². The van der Waals surface area contributed by atoms with Crippen molar-refractivity contribution >= 4 is 0 Å². The van der Waals surface area contributed by atoms with E-state index in [-0.39, 0.29) is 12.8 Å². The lowest BCUT2D eigenvalue weighted by Gasteiger charge is -2.24. The van der Waals surface area contributed by atoms with Crippen LogP contribution in [0, 0.1) is 0 Å². The van der Waals surface area contributed by atoms with Crippen molar-refractivity contribution in [3.05, 3.63) is 29.3 Å². The van der Waals surface area contributed by atoms with Crippen molar-refractivity contribution in [3.63, 3.8) is 0 Å². The SMILES string of the molecule is COc1ccc2c(c1)C(O)(CCCC(F)(F)F)CC2. The summed E-state index contributed by atoms with van der Waals surface area (Å²) < 4.78 is 41.6. The molecule has 0 aromatic heterocycles. The maximum absolute atomic E-state index is 12.2. The topological polar surface area (TPSA) is 29.5 Å². The predicted octanol–water partition coefficient (Wildman–Crippen LogP) is 3.56. The van der Waals surface area contributed by atoms with Crippen molar-refractivity contribution in [2.75, 3.05) is 7.11 Å². The van der Waals surface area contributed by atoms with Gasteiger partial charge in [0, 0.05) is 6.42 Å². The molecule has 0 bridgehead atoms. The van der Waals surface area contributed by atoms with Crippen LogP contribution in [0.15, 0.2) is 18.2 Å². The Morgan fingerprint density at radius 1 is 1.37 bits per heavy atom. The van der Waals surface area contributed by atoms with Crippen molar-refractivity contribution < 1.29 is 23.0 Å². The van der Waals surface area contributed by atoms with E-state index in [0.29, 0.717) is 24.2 Å². The molecule has 0 heterocycles. The fourth-order valence-corrected chi connectivity index (χ4v) is 2.65. The predicted molar refractivity (Wildman–Crippen MR) is 65.1 cm³/mol. The molecule has 106 valence electrons. The summed E-state index contributed by atoms with van der Waals surface area (Å²) in [4.78, 5) is 0. The van der Waals surface area contributed by atoms with Gasteiger partial charge in [-0.25, -0.2) is 0 Å². The first-order valence-electron chi connectivity index (χ1n) is 6.31. The average Bonchev–Trinajstić information content (AvgIpc) is 2.65. The summed E-state index contributed by atoms with van der Waals surface area (Å²) in [5.41, 5.74) is 0.569. The van der Waals surface area contributed by atoms with E-state index in [0.717, 1.165) is 5.56 Å². The molecule has 19 heavy (non-hydrogen) atoms. The number of rotatable bonds is 4. The quantitative estimate of drug-likeness (QED) is 0.909.